The summed E-state index contributed by atoms with van der Waals surface area (Å²) in [4.78, 5) is 49.0. The first-order chi connectivity index (χ1) is 15.6. The number of phenolic OH excluding ortho intramolecular Hbond substituents is 1. The zero-order chi connectivity index (χ0) is 25.0. The lowest BCUT2D eigenvalue weighted by molar-refractivity contribution is -0.142. The highest BCUT2D eigenvalue weighted by Crippen LogP contribution is 2.11. The molecule has 0 heterocycles. The normalized spacial score (nSPS) is 14.4. The van der Waals surface area contributed by atoms with Crippen LogP contribution in [0, 0.1) is 0 Å². The summed E-state index contributed by atoms with van der Waals surface area (Å²) in [5, 5.41) is 26.2. The Morgan fingerprint density at radius 2 is 1.42 bits per heavy atom. The number of aromatic hydroxyl groups is 1. The predicted octanol–water partition coefficient (Wildman–Crippen LogP) is -0.586. The quantitative estimate of drug-likeness (QED) is 0.151. The number of carbonyl (C=O) groups is 4. The third kappa shape index (κ3) is 10.2. The van der Waals surface area contributed by atoms with Gasteiger partial charge in [-0.05, 0) is 36.1 Å². The molecule has 4 atom stereocenters. The number of benzene rings is 1. The molecule has 0 radical (unpaired) electrons. The Morgan fingerprint density at radius 3 is 1.88 bits per heavy atom. The topological polar surface area (TPSA) is 171 Å². The summed E-state index contributed by atoms with van der Waals surface area (Å²) in [5.74, 6) is -2.62. The van der Waals surface area contributed by atoms with Gasteiger partial charge in [-0.1, -0.05) is 12.1 Å². The van der Waals surface area contributed by atoms with Gasteiger partial charge in [-0.25, -0.2) is 4.79 Å². The SMILES string of the molecule is CSCCC(N)C(=O)NC(CS)C(=O)NC(CS)C(=O)NC(Cc1ccc(O)cc1)C(=O)O. The van der Waals surface area contributed by atoms with Gasteiger partial charge in [0.1, 0.15) is 23.9 Å². The van der Waals surface area contributed by atoms with Gasteiger partial charge in [-0.15, -0.1) is 0 Å². The van der Waals surface area contributed by atoms with Crippen molar-refractivity contribution in [2.45, 2.75) is 37.0 Å². The van der Waals surface area contributed by atoms with Gasteiger partial charge in [0.05, 0.1) is 6.04 Å². The van der Waals surface area contributed by atoms with Crippen molar-refractivity contribution >= 4 is 60.7 Å². The highest BCUT2D eigenvalue weighted by atomic mass is 32.2. The maximum absolute atomic E-state index is 12.6. The van der Waals surface area contributed by atoms with Crippen LogP contribution in [0.3, 0.4) is 0 Å². The standard InChI is InChI=1S/C20H30N4O6S3/c1-33-7-6-13(21)17(26)23-15(9-31)19(28)24-16(10-32)18(27)22-14(20(29)30)8-11-2-4-12(25)5-3-11/h2-5,13-16,25,31-32H,6-10,21H2,1H3,(H,22,27)(H,23,26)(H,24,28)(H,29,30). The molecule has 0 saturated heterocycles. The van der Waals surface area contributed by atoms with Crippen LogP contribution in [0.4, 0.5) is 0 Å². The molecule has 3 amide bonds. The Bertz CT molecular complexity index is 811. The molecular formula is C20H30N4O6S3. The summed E-state index contributed by atoms with van der Waals surface area (Å²) in [5.41, 5.74) is 6.39. The largest absolute Gasteiger partial charge is 0.508 e. The smallest absolute Gasteiger partial charge is 0.326 e. The van der Waals surface area contributed by atoms with E-state index in [1.54, 1.807) is 23.9 Å². The number of amides is 3. The summed E-state index contributed by atoms with van der Waals surface area (Å²) in [6.07, 6.45) is 2.29. The van der Waals surface area contributed by atoms with Gasteiger partial charge in [0.15, 0.2) is 0 Å². The zero-order valence-corrected chi connectivity index (χ0v) is 20.7. The second-order valence-corrected chi connectivity index (χ2v) is 8.86. The number of nitrogens with two attached hydrogens (primary N) is 1. The number of carboxylic acids is 1. The number of hydrogen-bond acceptors (Lipinski definition) is 9. The van der Waals surface area contributed by atoms with Crippen molar-refractivity contribution in [1.29, 1.82) is 0 Å². The highest BCUT2D eigenvalue weighted by molar-refractivity contribution is 7.98. The Kier molecular flexibility index (Phi) is 13.1. The lowest BCUT2D eigenvalue weighted by atomic mass is 10.1. The monoisotopic (exact) mass is 518 g/mol. The van der Waals surface area contributed by atoms with E-state index in [4.69, 9.17) is 5.73 Å². The average molecular weight is 519 g/mol. The Balaban J connectivity index is 2.75. The summed E-state index contributed by atoms with van der Waals surface area (Å²) in [6, 6.07) is 1.66. The van der Waals surface area contributed by atoms with Crippen LogP contribution >= 0.6 is 37.0 Å². The first kappa shape index (κ1) is 28.9. The molecule has 0 saturated carbocycles. The van der Waals surface area contributed by atoms with Crippen LogP contribution in [0.1, 0.15) is 12.0 Å². The molecule has 1 aromatic carbocycles. The lowest BCUT2D eigenvalue weighted by Gasteiger charge is -2.23. The first-order valence-corrected chi connectivity index (χ1v) is 12.7. The van der Waals surface area contributed by atoms with Crippen molar-refractivity contribution in [3.05, 3.63) is 29.8 Å². The van der Waals surface area contributed by atoms with Crippen LogP contribution < -0.4 is 21.7 Å². The molecule has 1 aromatic rings. The first-order valence-electron chi connectivity index (χ1n) is 10.0. The fourth-order valence-electron chi connectivity index (χ4n) is 2.66. The third-order valence-electron chi connectivity index (χ3n) is 4.59. The molecule has 10 nitrogen and oxygen atoms in total. The van der Waals surface area contributed by atoms with E-state index >= 15 is 0 Å². The lowest BCUT2D eigenvalue weighted by Crippen LogP contribution is -2.58. The minimum absolute atomic E-state index is 0.0299. The van der Waals surface area contributed by atoms with Crippen LogP contribution in [-0.2, 0) is 25.6 Å². The Morgan fingerprint density at radius 1 is 0.939 bits per heavy atom. The molecule has 4 unspecified atom stereocenters. The number of nitrogens with one attached hydrogen (secondary N) is 3. The molecular weight excluding hydrogens is 488 g/mol. The van der Waals surface area contributed by atoms with Crippen molar-refractivity contribution < 1.29 is 29.4 Å². The van der Waals surface area contributed by atoms with Gasteiger partial charge >= 0.3 is 5.97 Å². The number of carbonyl (C=O) groups excluding carboxylic acids is 3. The number of aliphatic carboxylic acids is 1. The third-order valence-corrected chi connectivity index (χ3v) is 5.97. The van der Waals surface area contributed by atoms with Crippen molar-refractivity contribution in [2.75, 3.05) is 23.5 Å². The molecule has 0 aliphatic heterocycles. The second-order valence-electron chi connectivity index (χ2n) is 7.15. The number of thiol groups is 2. The molecule has 33 heavy (non-hydrogen) atoms. The zero-order valence-electron chi connectivity index (χ0n) is 18.1. The van der Waals surface area contributed by atoms with Gasteiger partial charge in [0.2, 0.25) is 17.7 Å². The molecule has 13 heteroatoms. The van der Waals surface area contributed by atoms with E-state index < -0.39 is 47.9 Å². The Hall–Kier alpha value is -2.09. The molecule has 0 aliphatic carbocycles. The van der Waals surface area contributed by atoms with Crippen molar-refractivity contribution in [1.82, 2.24) is 16.0 Å². The van der Waals surface area contributed by atoms with E-state index in [2.05, 4.69) is 41.2 Å². The van der Waals surface area contributed by atoms with Crippen LogP contribution in [0.2, 0.25) is 0 Å². The van der Waals surface area contributed by atoms with Crippen LogP contribution in [0.15, 0.2) is 24.3 Å². The molecule has 0 aliphatic rings. The van der Waals surface area contributed by atoms with E-state index in [1.165, 1.54) is 12.1 Å². The second kappa shape index (κ2) is 14.9. The van der Waals surface area contributed by atoms with Gasteiger partial charge in [0, 0.05) is 17.9 Å². The number of thioether (sulfide) groups is 1. The van der Waals surface area contributed by atoms with Crippen molar-refractivity contribution in [3.8, 4) is 5.75 Å². The highest BCUT2D eigenvalue weighted by Gasteiger charge is 2.29. The number of carboxylic acid groups (broad SMARTS) is 1. The molecule has 0 aromatic heterocycles. The predicted molar refractivity (Wildman–Crippen MR) is 134 cm³/mol. The van der Waals surface area contributed by atoms with Crippen LogP contribution in [0.5, 0.6) is 5.75 Å². The van der Waals surface area contributed by atoms with Crippen molar-refractivity contribution in [2.24, 2.45) is 5.73 Å². The average Bonchev–Trinajstić information content (AvgIpc) is 2.79. The molecule has 0 bridgehead atoms. The van der Waals surface area contributed by atoms with Gasteiger partial charge < -0.3 is 31.9 Å². The maximum Gasteiger partial charge on any atom is 0.326 e. The minimum Gasteiger partial charge on any atom is -0.508 e. The van der Waals surface area contributed by atoms with E-state index in [0.29, 0.717) is 17.7 Å². The van der Waals surface area contributed by atoms with Gasteiger partial charge in [-0.3, -0.25) is 14.4 Å². The molecule has 184 valence electrons. The van der Waals surface area contributed by atoms with Crippen LogP contribution in [0.25, 0.3) is 0 Å². The summed E-state index contributed by atoms with van der Waals surface area (Å²) in [7, 11) is 0. The van der Waals surface area contributed by atoms with Gasteiger partial charge in [0.25, 0.3) is 0 Å². The summed E-state index contributed by atoms with van der Waals surface area (Å²) < 4.78 is 0. The van der Waals surface area contributed by atoms with Crippen molar-refractivity contribution in [3.63, 3.8) is 0 Å². The van der Waals surface area contributed by atoms with E-state index in [9.17, 15) is 29.4 Å². The number of hydrogen-bond donors (Lipinski definition) is 8. The minimum atomic E-state index is -1.27. The summed E-state index contributed by atoms with van der Waals surface area (Å²) >= 11 is 9.70. The van der Waals surface area contributed by atoms with E-state index in [0.717, 1.165) is 0 Å². The molecule has 0 fully saturated rings. The number of rotatable bonds is 14. The Labute approximate surface area is 207 Å². The van der Waals surface area contributed by atoms with Gasteiger partial charge in [-0.2, -0.15) is 37.0 Å². The van der Waals surface area contributed by atoms with E-state index in [1.807, 2.05) is 6.26 Å². The number of phenols is 1. The van der Waals surface area contributed by atoms with E-state index in [-0.39, 0.29) is 23.7 Å². The fourth-order valence-corrected chi connectivity index (χ4v) is 3.66. The fraction of sp³-hybridized carbons (Fsp3) is 0.500. The molecule has 1 rings (SSSR count). The molecule has 0 spiro atoms. The van der Waals surface area contributed by atoms with Crippen LogP contribution in [-0.4, -0.2) is 81.6 Å². The maximum atomic E-state index is 12.6. The molecule has 7 N–H and O–H groups in total. The summed E-state index contributed by atoms with van der Waals surface area (Å²) in [6.45, 7) is 0.